The van der Waals surface area contributed by atoms with Gasteiger partial charge in [0.05, 0.1) is 15.9 Å². The molecule has 18 heavy (non-hydrogen) atoms. The fourth-order valence-electron chi connectivity index (χ4n) is 1.36. The molecule has 2 nitrogen and oxygen atoms in total. The van der Waals surface area contributed by atoms with Crippen molar-refractivity contribution in [3.05, 3.63) is 21.1 Å². The van der Waals surface area contributed by atoms with E-state index in [1.807, 2.05) is 11.8 Å². The molecule has 5 heteroatoms. The molecule has 0 saturated carbocycles. The van der Waals surface area contributed by atoms with Gasteiger partial charge in [0, 0.05) is 10.7 Å². The normalized spacial score (nSPS) is 13.7. The average Bonchev–Trinajstić information content (AvgIpc) is 2.28. The molecule has 0 radical (unpaired) electrons. The van der Waals surface area contributed by atoms with Crippen LogP contribution in [0.1, 0.15) is 52.6 Å². The largest absolute Gasteiger partial charge is 0.235 e. The SMILES string of the molecule is CCC(C)SCc1nc(Cl)c(Br)c(C(C)(C)C)n1. The van der Waals surface area contributed by atoms with Gasteiger partial charge in [-0.2, -0.15) is 11.8 Å². The van der Waals surface area contributed by atoms with Gasteiger partial charge in [-0.15, -0.1) is 0 Å². The number of halogens is 2. The van der Waals surface area contributed by atoms with Gasteiger partial charge in [0.25, 0.3) is 0 Å². The van der Waals surface area contributed by atoms with Gasteiger partial charge < -0.3 is 0 Å². The van der Waals surface area contributed by atoms with E-state index in [1.165, 1.54) is 0 Å². The third-order valence-electron chi connectivity index (χ3n) is 2.64. The maximum absolute atomic E-state index is 6.17. The van der Waals surface area contributed by atoms with Crippen molar-refractivity contribution in [2.45, 2.75) is 57.5 Å². The molecule has 1 aromatic rings. The van der Waals surface area contributed by atoms with Gasteiger partial charge in [-0.25, -0.2) is 9.97 Å². The van der Waals surface area contributed by atoms with Crippen LogP contribution < -0.4 is 0 Å². The first-order chi connectivity index (χ1) is 8.25. The van der Waals surface area contributed by atoms with Crippen molar-refractivity contribution in [2.24, 2.45) is 0 Å². The van der Waals surface area contributed by atoms with Crippen molar-refractivity contribution in [3.8, 4) is 0 Å². The molecule has 0 spiro atoms. The Kier molecular flexibility index (Phi) is 5.94. The highest BCUT2D eigenvalue weighted by Gasteiger charge is 2.22. The Morgan fingerprint density at radius 2 is 1.94 bits per heavy atom. The van der Waals surface area contributed by atoms with E-state index in [2.05, 4.69) is 60.5 Å². The lowest BCUT2D eigenvalue weighted by Gasteiger charge is -2.20. The lowest BCUT2D eigenvalue weighted by atomic mass is 9.92. The second-order valence-electron chi connectivity index (χ2n) is 5.37. The molecule has 0 fully saturated rings. The van der Waals surface area contributed by atoms with Crippen LogP contribution in [0, 0.1) is 0 Å². The van der Waals surface area contributed by atoms with Crippen LogP contribution >= 0.6 is 39.3 Å². The van der Waals surface area contributed by atoms with Crippen LogP contribution in [0.3, 0.4) is 0 Å². The van der Waals surface area contributed by atoms with Gasteiger partial charge in [-0.05, 0) is 22.4 Å². The number of rotatable bonds is 4. The first-order valence-corrected chi connectivity index (χ1v) is 8.31. The van der Waals surface area contributed by atoms with Crippen LogP contribution in [0.4, 0.5) is 0 Å². The lowest BCUT2D eigenvalue weighted by molar-refractivity contribution is 0.560. The summed E-state index contributed by atoms with van der Waals surface area (Å²) < 4.78 is 0.814. The summed E-state index contributed by atoms with van der Waals surface area (Å²) in [4.78, 5) is 8.99. The number of hydrogen-bond donors (Lipinski definition) is 0. The fraction of sp³-hybridized carbons (Fsp3) is 0.692. The predicted octanol–water partition coefficient (Wildman–Crippen LogP) is 5.22. The summed E-state index contributed by atoms with van der Waals surface area (Å²) in [5.41, 5.74) is 0.934. The monoisotopic (exact) mass is 350 g/mol. The molecule has 1 unspecified atom stereocenters. The van der Waals surface area contributed by atoms with E-state index >= 15 is 0 Å². The van der Waals surface area contributed by atoms with Gasteiger partial charge >= 0.3 is 0 Å². The van der Waals surface area contributed by atoms with Gasteiger partial charge in [0.1, 0.15) is 11.0 Å². The zero-order valence-electron chi connectivity index (χ0n) is 11.6. The summed E-state index contributed by atoms with van der Waals surface area (Å²) in [6.07, 6.45) is 1.15. The smallest absolute Gasteiger partial charge is 0.147 e. The molecule has 0 N–H and O–H groups in total. The summed E-state index contributed by atoms with van der Waals surface area (Å²) in [7, 11) is 0. The van der Waals surface area contributed by atoms with Crippen molar-refractivity contribution >= 4 is 39.3 Å². The summed E-state index contributed by atoms with van der Waals surface area (Å²) in [5, 5.41) is 1.13. The highest BCUT2D eigenvalue weighted by molar-refractivity contribution is 9.10. The van der Waals surface area contributed by atoms with Crippen molar-refractivity contribution in [3.63, 3.8) is 0 Å². The van der Waals surface area contributed by atoms with E-state index in [0.717, 1.165) is 28.2 Å². The van der Waals surface area contributed by atoms with Crippen LogP contribution in [-0.2, 0) is 11.2 Å². The summed E-state index contributed by atoms with van der Waals surface area (Å²) >= 11 is 11.5. The molecule has 0 aliphatic rings. The first-order valence-electron chi connectivity index (χ1n) is 6.09. The highest BCUT2D eigenvalue weighted by Crippen LogP contribution is 2.33. The zero-order valence-corrected chi connectivity index (χ0v) is 14.7. The van der Waals surface area contributed by atoms with Crippen molar-refractivity contribution < 1.29 is 0 Å². The minimum Gasteiger partial charge on any atom is -0.235 e. The van der Waals surface area contributed by atoms with E-state index in [4.69, 9.17) is 11.6 Å². The Hall–Kier alpha value is 0.200. The third kappa shape index (κ3) is 4.39. The topological polar surface area (TPSA) is 25.8 Å². The Balaban J connectivity index is 2.98. The molecular weight excluding hydrogens is 332 g/mol. The minimum absolute atomic E-state index is 0.0405. The number of nitrogens with zero attached hydrogens (tertiary/aromatic N) is 2. The molecule has 0 bridgehead atoms. The molecule has 0 saturated heterocycles. The van der Waals surface area contributed by atoms with Gasteiger partial charge in [0.2, 0.25) is 0 Å². The minimum atomic E-state index is -0.0405. The number of aromatic nitrogens is 2. The van der Waals surface area contributed by atoms with Gasteiger partial charge in [-0.1, -0.05) is 46.2 Å². The lowest BCUT2D eigenvalue weighted by Crippen LogP contribution is -2.17. The molecule has 1 heterocycles. The maximum Gasteiger partial charge on any atom is 0.147 e. The zero-order chi connectivity index (χ0) is 13.9. The molecular formula is C13H20BrClN2S. The molecule has 1 atom stereocenters. The molecule has 1 rings (SSSR count). The maximum atomic E-state index is 6.17. The van der Waals surface area contributed by atoms with Crippen LogP contribution in [0.2, 0.25) is 5.15 Å². The van der Waals surface area contributed by atoms with Crippen LogP contribution in [0.25, 0.3) is 0 Å². The molecule has 102 valence electrons. The molecule has 0 aliphatic carbocycles. The van der Waals surface area contributed by atoms with Gasteiger partial charge in [-0.3, -0.25) is 0 Å². The Morgan fingerprint density at radius 1 is 1.33 bits per heavy atom. The predicted molar refractivity (Wildman–Crippen MR) is 84.5 cm³/mol. The second-order valence-corrected chi connectivity index (χ2v) is 7.95. The highest BCUT2D eigenvalue weighted by atomic mass is 79.9. The Bertz CT molecular complexity index is 418. The third-order valence-corrected chi connectivity index (χ3v) is 5.22. The van der Waals surface area contributed by atoms with Crippen LogP contribution in [-0.4, -0.2) is 15.2 Å². The first kappa shape index (κ1) is 16.3. The summed E-state index contributed by atoms with van der Waals surface area (Å²) in [6.45, 7) is 10.8. The van der Waals surface area contributed by atoms with E-state index in [-0.39, 0.29) is 5.41 Å². The Morgan fingerprint density at radius 3 is 2.44 bits per heavy atom. The van der Waals surface area contributed by atoms with E-state index in [1.54, 1.807) is 0 Å². The Labute approximate surface area is 127 Å². The van der Waals surface area contributed by atoms with Crippen LogP contribution in [0.15, 0.2) is 4.47 Å². The molecule has 1 aromatic heterocycles. The van der Waals surface area contributed by atoms with Crippen molar-refractivity contribution in [2.75, 3.05) is 0 Å². The quantitative estimate of drug-likeness (QED) is 0.695. The molecule has 0 aromatic carbocycles. The molecule has 0 amide bonds. The number of thioether (sulfide) groups is 1. The molecule has 0 aliphatic heterocycles. The van der Waals surface area contributed by atoms with Gasteiger partial charge in [0.15, 0.2) is 0 Å². The summed E-state index contributed by atoms with van der Waals surface area (Å²) in [5.74, 6) is 1.63. The van der Waals surface area contributed by atoms with Crippen molar-refractivity contribution in [1.29, 1.82) is 0 Å². The standard InChI is InChI=1S/C13H20BrClN2S/c1-6-8(2)18-7-9-16-11(13(3,4)5)10(14)12(15)17-9/h8H,6-7H2,1-5H3. The van der Waals surface area contributed by atoms with E-state index in [0.29, 0.717) is 10.4 Å². The fourth-order valence-corrected chi connectivity index (χ4v) is 3.12. The van der Waals surface area contributed by atoms with E-state index in [9.17, 15) is 0 Å². The average molecular weight is 352 g/mol. The second kappa shape index (κ2) is 6.58. The summed E-state index contributed by atoms with van der Waals surface area (Å²) in [6, 6.07) is 0. The van der Waals surface area contributed by atoms with Crippen molar-refractivity contribution in [1.82, 2.24) is 9.97 Å². The number of hydrogen-bond acceptors (Lipinski definition) is 3. The van der Waals surface area contributed by atoms with E-state index < -0.39 is 0 Å². The van der Waals surface area contributed by atoms with Crippen LogP contribution in [0.5, 0.6) is 0 Å².